The molecule has 2 aliphatic heterocycles. The van der Waals surface area contributed by atoms with E-state index in [-0.39, 0.29) is 42.2 Å². The molecule has 7 atom stereocenters. The number of hydrogen-bond acceptors (Lipinski definition) is 4. The predicted molar refractivity (Wildman–Crippen MR) is 127 cm³/mol. The predicted octanol–water partition coefficient (Wildman–Crippen LogP) is 6.15. The van der Waals surface area contributed by atoms with Crippen LogP contribution in [0.5, 0.6) is 0 Å². The molecule has 1 saturated heterocycles. The van der Waals surface area contributed by atoms with Crippen LogP contribution in [0.15, 0.2) is 36.0 Å². The molecule has 1 fully saturated rings. The summed E-state index contributed by atoms with van der Waals surface area (Å²) in [5.74, 6) is 0.661. The van der Waals surface area contributed by atoms with E-state index in [9.17, 15) is 9.90 Å². The maximum atomic E-state index is 12.3. The molecular formula is C27H44O4. The highest BCUT2D eigenvalue weighted by Crippen LogP contribution is 2.36. The number of hydrogen-bond donors (Lipinski definition) is 1. The molecule has 0 radical (unpaired) electrons. The topological polar surface area (TPSA) is 59.1 Å². The highest BCUT2D eigenvalue weighted by atomic mass is 16.6. The average Bonchev–Trinajstić information content (AvgIpc) is 3.50. The van der Waals surface area contributed by atoms with Crippen LogP contribution < -0.4 is 0 Å². The monoisotopic (exact) mass is 432 g/mol. The van der Waals surface area contributed by atoms with Crippen LogP contribution in [0.2, 0.25) is 0 Å². The quantitative estimate of drug-likeness (QED) is 0.216. The van der Waals surface area contributed by atoms with Gasteiger partial charge in [-0.3, -0.25) is 4.79 Å². The van der Waals surface area contributed by atoms with Gasteiger partial charge in [-0.15, -0.1) is 0 Å². The molecule has 2 rings (SSSR count). The Morgan fingerprint density at radius 3 is 2.74 bits per heavy atom. The fourth-order valence-corrected chi connectivity index (χ4v) is 4.45. The first-order valence-corrected chi connectivity index (χ1v) is 12.4. The second-order valence-electron chi connectivity index (χ2n) is 9.63. The normalized spacial score (nSPS) is 32.5. The Hall–Kier alpha value is -1.39. The molecule has 2 heterocycles. The molecule has 31 heavy (non-hydrogen) atoms. The Bertz CT molecular complexity index is 635. The zero-order chi connectivity index (χ0) is 22.8. The molecule has 0 amide bonds. The van der Waals surface area contributed by atoms with Crippen molar-refractivity contribution in [3.63, 3.8) is 0 Å². The van der Waals surface area contributed by atoms with E-state index in [0.29, 0.717) is 12.3 Å². The number of rotatable bonds is 8. The van der Waals surface area contributed by atoms with Crippen LogP contribution in [-0.2, 0) is 14.3 Å². The number of aliphatic hydroxyl groups is 1. The van der Waals surface area contributed by atoms with Crippen LogP contribution in [-0.4, -0.2) is 35.5 Å². The summed E-state index contributed by atoms with van der Waals surface area (Å²) in [5.41, 5.74) is 1.08. The van der Waals surface area contributed by atoms with E-state index in [1.807, 2.05) is 6.92 Å². The number of ether oxygens (including phenoxy) is 2. The summed E-state index contributed by atoms with van der Waals surface area (Å²) in [6.45, 7) is 10.5. The van der Waals surface area contributed by atoms with Crippen molar-refractivity contribution in [2.75, 3.05) is 0 Å². The van der Waals surface area contributed by atoms with Crippen LogP contribution in [0.25, 0.3) is 0 Å². The molecule has 0 unspecified atom stereocenters. The Labute approximate surface area is 189 Å². The summed E-state index contributed by atoms with van der Waals surface area (Å²) in [5, 5.41) is 10.0. The number of esters is 1. The van der Waals surface area contributed by atoms with E-state index in [1.54, 1.807) is 0 Å². The van der Waals surface area contributed by atoms with Gasteiger partial charge in [0, 0.05) is 18.3 Å². The number of allylic oxidation sites excluding steroid dienone is 4. The van der Waals surface area contributed by atoms with Crippen molar-refractivity contribution in [1.29, 1.82) is 0 Å². The third-order valence-corrected chi connectivity index (χ3v) is 6.69. The van der Waals surface area contributed by atoms with Gasteiger partial charge >= 0.3 is 5.97 Å². The molecule has 0 bridgehead atoms. The van der Waals surface area contributed by atoms with Gasteiger partial charge in [0.05, 0.1) is 18.3 Å². The van der Waals surface area contributed by atoms with Crippen molar-refractivity contribution in [1.82, 2.24) is 0 Å². The van der Waals surface area contributed by atoms with Gasteiger partial charge in [-0.1, -0.05) is 70.9 Å². The fourth-order valence-electron chi connectivity index (χ4n) is 4.45. The van der Waals surface area contributed by atoms with Gasteiger partial charge in [0.15, 0.2) is 0 Å². The number of carbonyl (C=O) groups excluding carboxylic acids is 1. The zero-order valence-electron chi connectivity index (χ0n) is 20.3. The van der Waals surface area contributed by atoms with E-state index < -0.39 is 0 Å². The Morgan fingerprint density at radius 2 is 2.00 bits per heavy atom. The second kappa shape index (κ2) is 13.2. The minimum Gasteiger partial charge on any atom is -0.457 e. The maximum absolute atomic E-state index is 12.3. The molecule has 4 heteroatoms. The third kappa shape index (κ3) is 8.94. The van der Waals surface area contributed by atoms with Crippen LogP contribution in [0.1, 0.15) is 86.0 Å². The molecule has 0 spiro atoms. The molecule has 0 aliphatic carbocycles. The Morgan fingerprint density at radius 1 is 1.26 bits per heavy atom. The standard InChI is InChI=1S/C27H44O4/c1-6-23(28)22(5)27-24(30-27)18-19(2)14-13-16-21(4)26-20(3)15-11-9-7-8-10-12-17-25(29)31-26/h11,13-16,19-20,22-24,26-28H,6-10,12,17-18H2,1-5H3/b14-13+,15-11+,21-16+/t19-,20+,22-,23+,24-,26+,27-/m1/s1. The van der Waals surface area contributed by atoms with Gasteiger partial charge in [0.2, 0.25) is 0 Å². The maximum Gasteiger partial charge on any atom is 0.306 e. The molecular weight excluding hydrogens is 388 g/mol. The van der Waals surface area contributed by atoms with Crippen molar-refractivity contribution < 1.29 is 19.4 Å². The van der Waals surface area contributed by atoms with Gasteiger partial charge in [0.25, 0.3) is 0 Å². The first kappa shape index (κ1) is 25.9. The zero-order valence-corrected chi connectivity index (χ0v) is 20.3. The summed E-state index contributed by atoms with van der Waals surface area (Å²) in [6, 6.07) is 0. The lowest BCUT2D eigenvalue weighted by Gasteiger charge is -2.23. The first-order valence-electron chi connectivity index (χ1n) is 12.4. The largest absolute Gasteiger partial charge is 0.457 e. The summed E-state index contributed by atoms with van der Waals surface area (Å²) in [6.07, 6.45) is 18.5. The first-order chi connectivity index (χ1) is 14.8. The van der Waals surface area contributed by atoms with E-state index in [1.165, 1.54) is 12.8 Å². The van der Waals surface area contributed by atoms with Crippen LogP contribution in [0.3, 0.4) is 0 Å². The second-order valence-corrected chi connectivity index (χ2v) is 9.63. The van der Waals surface area contributed by atoms with Crippen molar-refractivity contribution in [3.05, 3.63) is 36.0 Å². The number of carbonyl (C=O) groups is 1. The Balaban J connectivity index is 1.91. The van der Waals surface area contributed by atoms with Gasteiger partial charge in [0.1, 0.15) is 6.10 Å². The van der Waals surface area contributed by atoms with Crippen molar-refractivity contribution >= 4 is 5.97 Å². The van der Waals surface area contributed by atoms with Gasteiger partial charge in [-0.2, -0.15) is 0 Å². The molecule has 0 aromatic rings. The van der Waals surface area contributed by atoms with E-state index in [4.69, 9.17) is 9.47 Å². The van der Waals surface area contributed by atoms with E-state index in [0.717, 1.165) is 37.7 Å². The lowest BCUT2D eigenvalue weighted by molar-refractivity contribution is -0.148. The van der Waals surface area contributed by atoms with Gasteiger partial charge < -0.3 is 14.6 Å². The van der Waals surface area contributed by atoms with Crippen LogP contribution in [0, 0.1) is 17.8 Å². The Kier molecular flexibility index (Phi) is 11.0. The SMILES string of the molecule is CC[C@H](O)[C@@H](C)[C@H]1O[C@@H]1C[C@H](C)/C=C/C=C(\C)[C@H]1OC(=O)CCCCCC/C=C/[C@@H]1C. The van der Waals surface area contributed by atoms with Crippen LogP contribution in [0.4, 0.5) is 0 Å². The summed E-state index contributed by atoms with van der Waals surface area (Å²) >= 11 is 0. The van der Waals surface area contributed by atoms with Crippen molar-refractivity contribution in [2.45, 2.75) is 110 Å². The number of aliphatic hydroxyl groups excluding tert-OH is 1. The van der Waals surface area contributed by atoms with E-state index in [2.05, 4.69) is 58.1 Å². The molecule has 0 aromatic carbocycles. The molecule has 1 N–H and O–H groups in total. The smallest absolute Gasteiger partial charge is 0.306 e. The molecule has 176 valence electrons. The van der Waals surface area contributed by atoms with Crippen LogP contribution >= 0.6 is 0 Å². The lowest BCUT2D eigenvalue weighted by atomic mass is 9.93. The summed E-state index contributed by atoms with van der Waals surface area (Å²) in [4.78, 5) is 12.3. The highest BCUT2D eigenvalue weighted by molar-refractivity contribution is 5.69. The molecule has 0 saturated carbocycles. The minimum absolute atomic E-state index is 0.0868. The number of epoxide rings is 1. The summed E-state index contributed by atoms with van der Waals surface area (Å²) < 4.78 is 11.7. The fraction of sp³-hybridized carbons (Fsp3) is 0.741. The van der Waals surface area contributed by atoms with Gasteiger partial charge in [-0.05, 0) is 50.5 Å². The molecule has 2 aliphatic rings. The van der Waals surface area contributed by atoms with E-state index >= 15 is 0 Å². The van der Waals surface area contributed by atoms with Crippen molar-refractivity contribution in [2.24, 2.45) is 17.8 Å². The lowest BCUT2D eigenvalue weighted by Crippen LogP contribution is -2.25. The highest BCUT2D eigenvalue weighted by Gasteiger charge is 2.44. The van der Waals surface area contributed by atoms with Crippen molar-refractivity contribution in [3.8, 4) is 0 Å². The molecule has 4 nitrogen and oxygen atoms in total. The molecule has 0 aromatic heterocycles. The summed E-state index contributed by atoms with van der Waals surface area (Å²) in [7, 11) is 0. The van der Waals surface area contributed by atoms with Gasteiger partial charge in [-0.25, -0.2) is 0 Å². The minimum atomic E-state index is -0.281. The number of cyclic esters (lactones) is 1. The third-order valence-electron chi connectivity index (χ3n) is 6.69. The average molecular weight is 433 g/mol.